The molecule has 3 amide bonds. The number of nitrogens with two attached hydrogens (primary N) is 1. The number of hydrogen-bond acceptors (Lipinski definition) is 3. The van der Waals surface area contributed by atoms with Gasteiger partial charge in [0.15, 0.2) is 0 Å². The Morgan fingerprint density at radius 1 is 0.958 bits per heavy atom. The average molecular weight is 390 g/mol. The lowest BCUT2D eigenvalue weighted by Gasteiger charge is -2.14. The molecule has 7 heteroatoms. The number of anilines is 1. The van der Waals surface area contributed by atoms with E-state index < -0.39 is 17.9 Å². The van der Waals surface area contributed by atoms with Gasteiger partial charge < -0.3 is 16.4 Å². The highest BCUT2D eigenvalue weighted by Gasteiger charge is 2.18. The Morgan fingerprint density at radius 2 is 1.54 bits per heavy atom. The molecule has 4 N–H and O–H groups in total. The first-order valence-electron chi connectivity index (χ1n) is 7.15. The Labute approximate surface area is 147 Å². The molecule has 0 aliphatic rings. The summed E-state index contributed by atoms with van der Waals surface area (Å²) >= 11 is 3.31. The fourth-order valence-corrected chi connectivity index (χ4v) is 2.44. The molecule has 124 valence electrons. The number of rotatable bonds is 5. The van der Waals surface area contributed by atoms with E-state index in [4.69, 9.17) is 5.73 Å². The lowest BCUT2D eigenvalue weighted by Crippen LogP contribution is -2.42. The summed E-state index contributed by atoms with van der Waals surface area (Å²) in [5.41, 5.74) is 6.17. The van der Waals surface area contributed by atoms with E-state index in [9.17, 15) is 14.4 Å². The van der Waals surface area contributed by atoms with Crippen LogP contribution in [-0.2, 0) is 4.79 Å². The monoisotopic (exact) mass is 389 g/mol. The van der Waals surface area contributed by atoms with Crippen LogP contribution in [0.3, 0.4) is 0 Å². The van der Waals surface area contributed by atoms with Crippen molar-refractivity contribution in [3.63, 3.8) is 0 Å². The summed E-state index contributed by atoms with van der Waals surface area (Å²) in [6.07, 6.45) is 0. The van der Waals surface area contributed by atoms with Gasteiger partial charge in [0, 0.05) is 4.47 Å². The fourth-order valence-electron chi connectivity index (χ4n) is 1.97. The summed E-state index contributed by atoms with van der Waals surface area (Å²) in [6.45, 7) is 1.49. The molecule has 1 unspecified atom stereocenters. The number of primary amides is 1. The number of benzene rings is 2. The highest BCUT2D eigenvalue weighted by atomic mass is 79.9. The summed E-state index contributed by atoms with van der Waals surface area (Å²) in [7, 11) is 0. The van der Waals surface area contributed by atoms with Gasteiger partial charge in [-0.15, -0.1) is 0 Å². The van der Waals surface area contributed by atoms with Crippen LogP contribution in [0.4, 0.5) is 5.69 Å². The Kier molecular flexibility index (Phi) is 5.70. The van der Waals surface area contributed by atoms with Crippen molar-refractivity contribution in [2.24, 2.45) is 5.73 Å². The first-order chi connectivity index (χ1) is 11.4. The zero-order chi connectivity index (χ0) is 17.7. The summed E-state index contributed by atoms with van der Waals surface area (Å²) in [5, 5.41) is 5.19. The van der Waals surface area contributed by atoms with Gasteiger partial charge >= 0.3 is 0 Å². The third-order valence-corrected chi connectivity index (χ3v) is 4.00. The maximum absolute atomic E-state index is 12.4. The SMILES string of the molecule is CC(NC(=O)c1ccccc1NC(=O)c1ccccc1Br)C(N)=O. The average Bonchev–Trinajstić information content (AvgIpc) is 2.55. The molecule has 2 aromatic rings. The molecule has 0 heterocycles. The second kappa shape index (κ2) is 7.74. The third kappa shape index (κ3) is 4.20. The first-order valence-corrected chi connectivity index (χ1v) is 7.94. The van der Waals surface area contributed by atoms with Crippen LogP contribution >= 0.6 is 15.9 Å². The molecule has 24 heavy (non-hydrogen) atoms. The van der Waals surface area contributed by atoms with Crippen LogP contribution < -0.4 is 16.4 Å². The molecule has 2 aromatic carbocycles. The molecule has 0 aliphatic heterocycles. The second-order valence-electron chi connectivity index (χ2n) is 5.08. The van der Waals surface area contributed by atoms with E-state index in [0.29, 0.717) is 15.7 Å². The van der Waals surface area contributed by atoms with Crippen molar-refractivity contribution >= 4 is 39.3 Å². The van der Waals surface area contributed by atoms with Crippen molar-refractivity contribution in [2.75, 3.05) is 5.32 Å². The molecular weight excluding hydrogens is 374 g/mol. The molecule has 2 rings (SSSR count). The smallest absolute Gasteiger partial charge is 0.256 e. The number of nitrogens with one attached hydrogen (secondary N) is 2. The highest BCUT2D eigenvalue weighted by molar-refractivity contribution is 9.10. The third-order valence-electron chi connectivity index (χ3n) is 3.31. The highest BCUT2D eigenvalue weighted by Crippen LogP contribution is 2.20. The minimum Gasteiger partial charge on any atom is -0.368 e. The molecule has 0 saturated heterocycles. The van der Waals surface area contributed by atoms with Gasteiger partial charge in [-0.05, 0) is 47.1 Å². The van der Waals surface area contributed by atoms with Crippen LogP contribution in [0.5, 0.6) is 0 Å². The summed E-state index contributed by atoms with van der Waals surface area (Å²) in [4.78, 5) is 35.8. The summed E-state index contributed by atoms with van der Waals surface area (Å²) < 4.78 is 0.645. The number of hydrogen-bond donors (Lipinski definition) is 3. The molecule has 0 aliphatic carbocycles. The summed E-state index contributed by atoms with van der Waals surface area (Å²) in [6, 6.07) is 12.7. The van der Waals surface area contributed by atoms with Crippen molar-refractivity contribution in [3.05, 3.63) is 64.1 Å². The van der Waals surface area contributed by atoms with Gasteiger partial charge in [-0.3, -0.25) is 14.4 Å². The lowest BCUT2D eigenvalue weighted by molar-refractivity contribution is -0.119. The Bertz CT molecular complexity index is 792. The van der Waals surface area contributed by atoms with Crippen LogP contribution in [0, 0.1) is 0 Å². The maximum Gasteiger partial charge on any atom is 0.256 e. The van der Waals surface area contributed by atoms with Gasteiger partial charge in [-0.25, -0.2) is 0 Å². The number of carbonyl (C=O) groups excluding carboxylic acids is 3. The number of halogens is 1. The van der Waals surface area contributed by atoms with E-state index in [0.717, 1.165) is 0 Å². The van der Waals surface area contributed by atoms with Gasteiger partial charge in [0.05, 0.1) is 16.8 Å². The number of carbonyl (C=O) groups is 3. The van der Waals surface area contributed by atoms with Crippen LogP contribution in [0.15, 0.2) is 53.0 Å². The summed E-state index contributed by atoms with van der Waals surface area (Å²) in [5.74, 6) is -1.49. The van der Waals surface area contributed by atoms with Gasteiger partial charge in [0.1, 0.15) is 6.04 Å². The van der Waals surface area contributed by atoms with Crippen LogP contribution in [0.25, 0.3) is 0 Å². The van der Waals surface area contributed by atoms with Gasteiger partial charge in [0.2, 0.25) is 5.91 Å². The van der Waals surface area contributed by atoms with E-state index in [1.165, 1.54) is 6.92 Å². The Morgan fingerprint density at radius 3 is 2.17 bits per heavy atom. The molecule has 0 bridgehead atoms. The van der Waals surface area contributed by atoms with E-state index in [1.807, 2.05) is 0 Å². The van der Waals surface area contributed by atoms with Crippen molar-refractivity contribution in [1.82, 2.24) is 5.32 Å². The zero-order valence-corrected chi connectivity index (χ0v) is 14.5. The lowest BCUT2D eigenvalue weighted by atomic mass is 10.1. The predicted octanol–water partition coefficient (Wildman–Crippen LogP) is 2.31. The zero-order valence-electron chi connectivity index (χ0n) is 12.9. The van der Waals surface area contributed by atoms with E-state index in [2.05, 4.69) is 26.6 Å². The van der Waals surface area contributed by atoms with E-state index >= 15 is 0 Å². The topological polar surface area (TPSA) is 101 Å². The number of amides is 3. The van der Waals surface area contributed by atoms with Gasteiger partial charge in [-0.2, -0.15) is 0 Å². The van der Waals surface area contributed by atoms with Crippen molar-refractivity contribution in [3.8, 4) is 0 Å². The van der Waals surface area contributed by atoms with Gasteiger partial charge in [0.25, 0.3) is 11.8 Å². The molecule has 6 nitrogen and oxygen atoms in total. The Balaban J connectivity index is 2.23. The van der Waals surface area contributed by atoms with E-state index in [1.54, 1.807) is 48.5 Å². The largest absolute Gasteiger partial charge is 0.368 e. The molecule has 0 fully saturated rings. The normalized spacial score (nSPS) is 11.4. The van der Waals surface area contributed by atoms with Gasteiger partial charge in [-0.1, -0.05) is 24.3 Å². The Hall–Kier alpha value is -2.67. The molecule has 0 spiro atoms. The molecule has 1 atom stereocenters. The first kappa shape index (κ1) is 17.7. The van der Waals surface area contributed by atoms with Crippen LogP contribution in [0.2, 0.25) is 0 Å². The molecule has 0 aromatic heterocycles. The van der Waals surface area contributed by atoms with Crippen LogP contribution in [0.1, 0.15) is 27.6 Å². The predicted molar refractivity (Wildman–Crippen MR) is 94.7 cm³/mol. The van der Waals surface area contributed by atoms with Crippen molar-refractivity contribution in [2.45, 2.75) is 13.0 Å². The van der Waals surface area contributed by atoms with Crippen molar-refractivity contribution < 1.29 is 14.4 Å². The molecule has 0 radical (unpaired) electrons. The van der Waals surface area contributed by atoms with E-state index in [-0.39, 0.29) is 11.5 Å². The van der Waals surface area contributed by atoms with Crippen molar-refractivity contribution in [1.29, 1.82) is 0 Å². The maximum atomic E-state index is 12.4. The second-order valence-corrected chi connectivity index (χ2v) is 5.93. The van der Waals surface area contributed by atoms with Crippen LogP contribution in [-0.4, -0.2) is 23.8 Å². The standard InChI is InChI=1S/C17H16BrN3O3/c1-10(15(19)22)20-17(24)12-7-3-5-9-14(12)21-16(23)11-6-2-4-8-13(11)18/h2-10H,1H3,(H2,19,22)(H,20,24)(H,21,23). The molecule has 0 saturated carbocycles. The minimum atomic E-state index is -0.815. The number of para-hydroxylation sites is 1. The fraction of sp³-hybridized carbons (Fsp3) is 0.118. The quantitative estimate of drug-likeness (QED) is 0.730. The minimum absolute atomic E-state index is 0.242. The molecular formula is C17H16BrN3O3.